The van der Waals surface area contributed by atoms with Crippen molar-refractivity contribution in [2.24, 2.45) is 0 Å². The lowest BCUT2D eigenvalue weighted by atomic mass is 9.85. The van der Waals surface area contributed by atoms with E-state index in [-0.39, 0.29) is 30.2 Å². The predicted molar refractivity (Wildman–Crippen MR) is 104 cm³/mol. The van der Waals surface area contributed by atoms with Crippen molar-refractivity contribution in [3.8, 4) is 0 Å². The smallest absolute Gasteiger partial charge is 0.261 e. The molecule has 2 N–H and O–H groups in total. The van der Waals surface area contributed by atoms with Crippen molar-refractivity contribution in [2.45, 2.75) is 44.6 Å². The topological polar surface area (TPSA) is 80.4 Å². The van der Waals surface area contributed by atoms with Crippen molar-refractivity contribution in [1.82, 2.24) is 10.3 Å². The van der Waals surface area contributed by atoms with E-state index in [2.05, 4.69) is 23.3 Å². The summed E-state index contributed by atoms with van der Waals surface area (Å²) in [7, 11) is 0. The second-order valence-electron chi connectivity index (χ2n) is 7.57. The number of aromatic nitrogens is 1. The van der Waals surface area contributed by atoms with E-state index in [1.54, 1.807) is 6.07 Å². The molecule has 6 heteroatoms. The summed E-state index contributed by atoms with van der Waals surface area (Å²) in [5, 5.41) is 3.05. The summed E-state index contributed by atoms with van der Waals surface area (Å²) in [6, 6.07) is 9.82. The summed E-state index contributed by atoms with van der Waals surface area (Å²) in [5.74, 6) is 1.25. The van der Waals surface area contributed by atoms with Crippen LogP contribution in [-0.2, 0) is 15.9 Å². The van der Waals surface area contributed by atoms with Crippen LogP contribution in [0.4, 0.5) is 0 Å². The molecule has 2 heterocycles. The van der Waals surface area contributed by atoms with Gasteiger partial charge < -0.3 is 19.8 Å². The second kappa shape index (κ2) is 6.55. The number of rotatable bonds is 3. The molecule has 2 atom stereocenters. The SMILES string of the molecule is CCC1CC2=C(OCO2)c2[nH]c(=O)c(C(=O)NC3CCc4ccccc43)cc21. The first kappa shape index (κ1) is 17.1. The monoisotopic (exact) mass is 378 g/mol. The molecular formula is C22H22N2O4. The van der Waals surface area contributed by atoms with Gasteiger partial charge in [0.15, 0.2) is 5.76 Å². The first-order valence-corrected chi connectivity index (χ1v) is 9.80. The van der Waals surface area contributed by atoms with Crippen molar-refractivity contribution < 1.29 is 14.3 Å². The molecule has 2 aliphatic carbocycles. The number of ether oxygens (including phenoxy) is 2. The number of amides is 1. The van der Waals surface area contributed by atoms with E-state index in [1.165, 1.54) is 5.56 Å². The quantitative estimate of drug-likeness (QED) is 0.858. The zero-order valence-electron chi connectivity index (χ0n) is 15.7. The van der Waals surface area contributed by atoms with Gasteiger partial charge in [0.25, 0.3) is 11.5 Å². The highest BCUT2D eigenvalue weighted by molar-refractivity contribution is 5.94. The minimum atomic E-state index is -0.401. The van der Waals surface area contributed by atoms with E-state index in [0.29, 0.717) is 11.5 Å². The van der Waals surface area contributed by atoms with Crippen LogP contribution in [0.3, 0.4) is 0 Å². The second-order valence-corrected chi connectivity index (χ2v) is 7.57. The molecule has 0 fully saturated rings. The van der Waals surface area contributed by atoms with Crippen LogP contribution in [0.25, 0.3) is 5.76 Å². The van der Waals surface area contributed by atoms with Gasteiger partial charge in [-0.15, -0.1) is 0 Å². The molecular weight excluding hydrogens is 356 g/mol. The van der Waals surface area contributed by atoms with E-state index in [1.807, 2.05) is 18.2 Å². The number of H-pyrrole nitrogens is 1. The molecule has 0 saturated carbocycles. The van der Waals surface area contributed by atoms with E-state index in [4.69, 9.17) is 9.47 Å². The third kappa shape index (κ3) is 2.63. The number of aromatic amines is 1. The summed E-state index contributed by atoms with van der Waals surface area (Å²) >= 11 is 0. The molecule has 3 aliphatic rings. The van der Waals surface area contributed by atoms with Crippen LogP contribution in [0.1, 0.15) is 70.9 Å². The first-order valence-electron chi connectivity index (χ1n) is 9.80. The van der Waals surface area contributed by atoms with Crippen LogP contribution < -0.4 is 10.9 Å². The van der Waals surface area contributed by atoms with Gasteiger partial charge in [-0.2, -0.15) is 0 Å². The molecule has 0 spiro atoms. The van der Waals surface area contributed by atoms with Crippen LogP contribution in [-0.4, -0.2) is 17.7 Å². The van der Waals surface area contributed by atoms with Crippen molar-refractivity contribution in [2.75, 3.05) is 6.79 Å². The van der Waals surface area contributed by atoms with Gasteiger partial charge in [0.05, 0.1) is 11.7 Å². The average molecular weight is 378 g/mol. The Kier molecular flexibility index (Phi) is 4.00. The number of carbonyl (C=O) groups excluding carboxylic acids is 1. The van der Waals surface area contributed by atoms with Gasteiger partial charge in [-0.1, -0.05) is 31.2 Å². The Labute approximate surface area is 162 Å². The van der Waals surface area contributed by atoms with Gasteiger partial charge >= 0.3 is 0 Å². The van der Waals surface area contributed by atoms with Gasteiger partial charge in [-0.25, -0.2) is 0 Å². The fourth-order valence-electron chi connectivity index (χ4n) is 4.53. The van der Waals surface area contributed by atoms with Crippen LogP contribution >= 0.6 is 0 Å². The maximum absolute atomic E-state index is 12.9. The normalized spacial score (nSPS) is 22.0. The summed E-state index contributed by atoms with van der Waals surface area (Å²) in [6.45, 7) is 2.27. The maximum atomic E-state index is 12.9. The standard InChI is InChI=1S/C22H22N2O4/c1-2-12-9-18-20(28-11-27-18)19-15(12)10-16(22(26)24-19)21(25)23-17-8-7-13-5-3-4-6-14(13)17/h3-6,10,12,17H,2,7-9,11H2,1H3,(H,23,25)(H,24,26). The van der Waals surface area contributed by atoms with Crippen molar-refractivity contribution in [3.05, 3.63) is 74.4 Å². The Hall–Kier alpha value is -3.02. The lowest BCUT2D eigenvalue weighted by Crippen LogP contribution is -2.33. The number of hydrogen-bond acceptors (Lipinski definition) is 4. The minimum absolute atomic E-state index is 0.0537. The lowest BCUT2D eigenvalue weighted by Gasteiger charge is -2.24. The largest absolute Gasteiger partial charge is 0.458 e. The Balaban J connectivity index is 1.48. The molecule has 1 amide bonds. The highest BCUT2D eigenvalue weighted by Crippen LogP contribution is 2.42. The molecule has 0 radical (unpaired) electrons. The number of pyridine rings is 1. The van der Waals surface area contributed by atoms with Gasteiger partial charge in [-0.3, -0.25) is 9.59 Å². The minimum Gasteiger partial charge on any atom is -0.458 e. The van der Waals surface area contributed by atoms with Crippen molar-refractivity contribution in [1.29, 1.82) is 0 Å². The number of hydrogen-bond donors (Lipinski definition) is 2. The summed E-state index contributed by atoms with van der Waals surface area (Å²) in [4.78, 5) is 28.5. The zero-order chi connectivity index (χ0) is 19.3. The number of benzene rings is 1. The molecule has 144 valence electrons. The molecule has 2 aromatic rings. The third-order valence-corrected chi connectivity index (χ3v) is 6.04. The van der Waals surface area contributed by atoms with E-state index in [9.17, 15) is 9.59 Å². The fraction of sp³-hybridized carbons (Fsp3) is 0.364. The Morgan fingerprint density at radius 2 is 2.11 bits per heavy atom. The zero-order valence-corrected chi connectivity index (χ0v) is 15.7. The molecule has 0 bridgehead atoms. The molecule has 5 rings (SSSR count). The number of aryl methyl sites for hydroxylation is 1. The third-order valence-electron chi connectivity index (χ3n) is 6.04. The van der Waals surface area contributed by atoms with E-state index < -0.39 is 5.56 Å². The highest BCUT2D eigenvalue weighted by Gasteiger charge is 2.34. The van der Waals surface area contributed by atoms with Gasteiger partial charge in [0.1, 0.15) is 11.3 Å². The van der Waals surface area contributed by atoms with Gasteiger partial charge in [0.2, 0.25) is 6.79 Å². The number of carbonyl (C=O) groups is 1. The van der Waals surface area contributed by atoms with E-state index >= 15 is 0 Å². The van der Waals surface area contributed by atoms with Crippen LogP contribution in [0.5, 0.6) is 0 Å². The number of allylic oxidation sites excluding steroid dienone is 1. The molecule has 2 unspecified atom stereocenters. The molecule has 1 aliphatic heterocycles. The molecule has 1 aromatic heterocycles. The highest BCUT2D eigenvalue weighted by atomic mass is 16.7. The number of nitrogens with one attached hydrogen (secondary N) is 2. The van der Waals surface area contributed by atoms with Crippen LogP contribution in [0.15, 0.2) is 40.9 Å². The predicted octanol–water partition coefficient (Wildman–Crippen LogP) is 3.36. The summed E-state index contributed by atoms with van der Waals surface area (Å²) < 4.78 is 11.1. The van der Waals surface area contributed by atoms with Gasteiger partial charge in [-0.05, 0) is 47.9 Å². The Bertz CT molecular complexity index is 1050. The van der Waals surface area contributed by atoms with Gasteiger partial charge in [0, 0.05) is 6.42 Å². The Morgan fingerprint density at radius 1 is 1.25 bits per heavy atom. The molecule has 0 saturated heterocycles. The van der Waals surface area contributed by atoms with Crippen LogP contribution in [0, 0.1) is 0 Å². The maximum Gasteiger partial charge on any atom is 0.261 e. The molecule has 1 aromatic carbocycles. The fourth-order valence-corrected chi connectivity index (χ4v) is 4.53. The van der Waals surface area contributed by atoms with Crippen LogP contribution in [0.2, 0.25) is 0 Å². The first-order chi connectivity index (χ1) is 13.7. The average Bonchev–Trinajstić information content (AvgIpc) is 3.34. The number of fused-ring (bicyclic) bond motifs is 3. The van der Waals surface area contributed by atoms with E-state index in [0.717, 1.165) is 42.6 Å². The summed E-state index contributed by atoms with van der Waals surface area (Å²) in [6.07, 6.45) is 3.40. The molecule has 28 heavy (non-hydrogen) atoms. The van der Waals surface area contributed by atoms with Crippen molar-refractivity contribution in [3.63, 3.8) is 0 Å². The summed E-state index contributed by atoms with van der Waals surface area (Å²) in [5.41, 5.74) is 3.76. The van der Waals surface area contributed by atoms with Crippen molar-refractivity contribution >= 4 is 11.7 Å². The molecule has 6 nitrogen and oxygen atoms in total. The Morgan fingerprint density at radius 3 is 2.96 bits per heavy atom. The lowest BCUT2D eigenvalue weighted by molar-refractivity contribution is 0.0841.